The number of hydrogen-bond acceptors (Lipinski definition) is 1. The summed E-state index contributed by atoms with van der Waals surface area (Å²) in [6.45, 7) is 5.03. The molecule has 5 heteroatoms. The first-order chi connectivity index (χ1) is 5.43. The minimum Gasteiger partial charge on any atom is -0.370 e. The number of rotatable bonds is 3. The van der Waals surface area contributed by atoms with Gasteiger partial charge in [0.1, 0.15) is 6.04 Å². The zero-order chi connectivity index (χ0) is 9.72. The van der Waals surface area contributed by atoms with Gasteiger partial charge in [0.15, 0.2) is 5.96 Å². The molecule has 12 heavy (non-hydrogen) atoms. The van der Waals surface area contributed by atoms with E-state index in [1.165, 1.54) is 6.92 Å². The largest absolute Gasteiger partial charge is 0.370 e. The van der Waals surface area contributed by atoms with Gasteiger partial charge in [0.25, 0.3) is 6.43 Å². The van der Waals surface area contributed by atoms with Gasteiger partial charge >= 0.3 is 0 Å². The topological polar surface area (TPSA) is 50.4 Å². The van der Waals surface area contributed by atoms with Crippen LogP contribution in [0.15, 0.2) is 4.99 Å². The van der Waals surface area contributed by atoms with Gasteiger partial charge in [-0.2, -0.15) is 0 Å². The molecule has 3 N–H and O–H groups in total. The molecule has 3 nitrogen and oxygen atoms in total. The van der Waals surface area contributed by atoms with Crippen molar-refractivity contribution in [3.05, 3.63) is 0 Å². The fourth-order valence-corrected chi connectivity index (χ4v) is 0.609. The molecule has 72 valence electrons. The molecule has 0 aliphatic heterocycles. The molecule has 1 atom stereocenters. The first-order valence-electron chi connectivity index (χ1n) is 3.81. The second-order valence-electron chi connectivity index (χ2n) is 2.89. The maximum atomic E-state index is 11.9. The smallest absolute Gasteiger partial charge is 0.260 e. The minimum absolute atomic E-state index is 0.0674. The van der Waals surface area contributed by atoms with Crippen LogP contribution in [0, 0.1) is 0 Å². The van der Waals surface area contributed by atoms with Gasteiger partial charge in [0.05, 0.1) is 0 Å². The van der Waals surface area contributed by atoms with E-state index in [-0.39, 0.29) is 12.0 Å². The highest BCUT2D eigenvalue weighted by atomic mass is 19.3. The number of hydrogen-bond donors (Lipinski definition) is 2. The molecule has 0 aromatic rings. The van der Waals surface area contributed by atoms with Gasteiger partial charge in [0, 0.05) is 6.04 Å². The van der Waals surface area contributed by atoms with Crippen molar-refractivity contribution in [1.82, 2.24) is 5.32 Å². The van der Waals surface area contributed by atoms with E-state index in [0.717, 1.165) is 0 Å². The molecule has 0 saturated carbocycles. The van der Waals surface area contributed by atoms with E-state index in [2.05, 4.69) is 10.3 Å². The molecule has 0 radical (unpaired) electrons. The first kappa shape index (κ1) is 11.1. The SMILES string of the molecule is CC(C)NC(N)=NC(C)C(F)F. The van der Waals surface area contributed by atoms with Crippen LogP contribution >= 0.6 is 0 Å². The van der Waals surface area contributed by atoms with E-state index >= 15 is 0 Å². The third kappa shape index (κ3) is 4.87. The van der Waals surface area contributed by atoms with Crippen molar-refractivity contribution in [2.45, 2.75) is 39.3 Å². The van der Waals surface area contributed by atoms with Gasteiger partial charge in [0.2, 0.25) is 0 Å². The Labute approximate surface area is 71.0 Å². The maximum absolute atomic E-state index is 11.9. The van der Waals surface area contributed by atoms with Gasteiger partial charge in [-0.05, 0) is 20.8 Å². The summed E-state index contributed by atoms with van der Waals surface area (Å²) in [7, 11) is 0. The lowest BCUT2D eigenvalue weighted by molar-refractivity contribution is 0.124. The van der Waals surface area contributed by atoms with E-state index in [9.17, 15) is 8.78 Å². The number of aliphatic imine (C=N–C) groups is 1. The lowest BCUT2D eigenvalue weighted by Gasteiger charge is -2.11. The molecule has 0 aromatic heterocycles. The van der Waals surface area contributed by atoms with Gasteiger partial charge in [-0.15, -0.1) is 0 Å². The van der Waals surface area contributed by atoms with Crippen LogP contribution in [0.25, 0.3) is 0 Å². The Hall–Kier alpha value is -0.870. The Bertz CT molecular complexity index is 157. The average molecular weight is 179 g/mol. The highest BCUT2D eigenvalue weighted by Gasteiger charge is 2.13. The monoisotopic (exact) mass is 179 g/mol. The van der Waals surface area contributed by atoms with Crippen molar-refractivity contribution >= 4 is 5.96 Å². The van der Waals surface area contributed by atoms with Crippen molar-refractivity contribution in [2.75, 3.05) is 0 Å². The number of nitrogens with two attached hydrogens (primary N) is 1. The van der Waals surface area contributed by atoms with Crippen molar-refractivity contribution < 1.29 is 8.78 Å². The Balaban J connectivity index is 3.97. The molecule has 0 rings (SSSR count). The van der Waals surface area contributed by atoms with E-state index in [4.69, 9.17) is 5.73 Å². The molecule has 1 unspecified atom stereocenters. The van der Waals surface area contributed by atoms with Gasteiger partial charge < -0.3 is 11.1 Å². The Morgan fingerprint density at radius 3 is 2.17 bits per heavy atom. The molecule has 0 bridgehead atoms. The first-order valence-corrected chi connectivity index (χ1v) is 3.81. The second-order valence-corrected chi connectivity index (χ2v) is 2.89. The number of alkyl halides is 2. The summed E-state index contributed by atoms with van der Waals surface area (Å²) in [6.07, 6.45) is -2.46. The van der Waals surface area contributed by atoms with E-state index in [0.29, 0.717) is 0 Å². The van der Waals surface area contributed by atoms with Crippen LogP contribution in [0.2, 0.25) is 0 Å². The Morgan fingerprint density at radius 1 is 1.33 bits per heavy atom. The van der Waals surface area contributed by atoms with E-state index < -0.39 is 12.5 Å². The third-order valence-corrected chi connectivity index (χ3v) is 1.14. The van der Waals surface area contributed by atoms with Gasteiger partial charge in [-0.25, -0.2) is 13.8 Å². The zero-order valence-corrected chi connectivity index (χ0v) is 7.51. The normalized spacial score (nSPS) is 15.4. The number of nitrogens with zero attached hydrogens (tertiary/aromatic N) is 1. The number of halogens is 2. The van der Waals surface area contributed by atoms with E-state index in [1.807, 2.05) is 13.8 Å². The molecule has 0 fully saturated rings. The molecule has 0 aliphatic rings. The molecular weight excluding hydrogens is 164 g/mol. The third-order valence-electron chi connectivity index (χ3n) is 1.14. The molecule has 0 aromatic carbocycles. The molecular formula is C7H15F2N3. The summed E-state index contributed by atoms with van der Waals surface area (Å²) >= 11 is 0. The lowest BCUT2D eigenvalue weighted by atomic mass is 10.4. The summed E-state index contributed by atoms with van der Waals surface area (Å²) in [5.41, 5.74) is 5.32. The number of guanidine groups is 1. The standard InChI is InChI=1S/C7H15F2N3/c1-4(2)11-7(10)12-5(3)6(8)9/h4-6H,1-3H3,(H3,10,11,12). The average Bonchev–Trinajstić information content (AvgIpc) is 1.84. The summed E-state index contributed by atoms with van der Waals surface area (Å²) in [5, 5.41) is 2.72. The van der Waals surface area contributed by atoms with E-state index in [1.54, 1.807) is 0 Å². The minimum atomic E-state index is -2.46. The fourth-order valence-electron chi connectivity index (χ4n) is 0.609. The fraction of sp³-hybridized carbons (Fsp3) is 0.857. The van der Waals surface area contributed by atoms with Crippen LogP contribution in [0.5, 0.6) is 0 Å². The second kappa shape index (κ2) is 4.90. The molecule has 0 amide bonds. The highest BCUT2D eigenvalue weighted by molar-refractivity contribution is 5.78. The Morgan fingerprint density at radius 2 is 1.83 bits per heavy atom. The van der Waals surface area contributed by atoms with Crippen LogP contribution in [0.3, 0.4) is 0 Å². The van der Waals surface area contributed by atoms with Gasteiger partial charge in [-0.1, -0.05) is 0 Å². The summed E-state index contributed by atoms with van der Waals surface area (Å²) in [6, 6.07) is -0.935. The summed E-state index contributed by atoms with van der Waals surface area (Å²) < 4.78 is 23.9. The number of nitrogens with one attached hydrogen (secondary N) is 1. The van der Waals surface area contributed by atoms with Gasteiger partial charge in [-0.3, -0.25) is 0 Å². The maximum Gasteiger partial charge on any atom is 0.260 e. The van der Waals surface area contributed by atoms with Crippen molar-refractivity contribution in [2.24, 2.45) is 10.7 Å². The quantitative estimate of drug-likeness (QED) is 0.500. The van der Waals surface area contributed by atoms with Crippen LogP contribution in [0.4, 0.5) is 8.78 Å². The zero-order valence-electron chi connectivity index (χ0n) is 7.51. The molecule has 0 spiro atoms. The predicted octanol–water partition coefficient (Wildman–Crippen LogP) is 0.953. The molecule has 0 aliphatic carbocycles. The predicted molar refractivity (Wildman–Crippen MR) is 45.4 cm³/mol. The lowest BCUT2D eigenvalue weighted by Crippen LogP contribution is -2.38. The van der Waals surface area contributed by atoms with Crippen LogP contribution in [0.1, 0.15) is 20.8 Å². The molecule has 0 saturated heterocycles. The summed E-state index contributed by atoms with van der Waals surface area (Å²) in [5.74, 6) is 0.0674. The van der Waals surface area contributed by atoms with Crippen molar-refractivity contribution in [3.8, 4) is 0 Å². The van der Waals surface area contributed by atoms with Crippen molar-refractivity contribution in [1.29, 1.82) is 0 Å². The highest BCUT2D eigenvalue weighted by Crippen LogP contribution is 2.03. The van der Waals surface area contributed by atoms with Crippen LogP contribution in [-0.4, -0.2) is 24.5 Å². The van der Waals surface area contributed by atoms with Crippen LogP contribution in [-0.2, 0) is 0 Å². The summed E-state index contributed by atoms with van der Waals surface area (Å²) in [4.78, 5) is 3.55. The Kier molecular flexibility index (Phi) is 4.54. The van der Waals surface area contributed by atoms with Crippen molar-refractivity contribution in [3.63, 3.8) is 0 Å². The van der Waals surface area contributed by atoms with Crippen LogP contribution < -0.4 is 11.1 Å². The molecule has 0 heterocycles.